The molecule has 1 aliphatic heterocycles. The number of fused-ring (bicyclic) bond motifs is 1. The third-order valence-electron chi connectivity index (χ3n) is 4.42. The zero-order valence-corrected chi connectivity index (χ0v) is 13.5. The molecule has 0 saturated carbocycles. The van der Waals surface area contributed by atoms with Gasteiger partial charge in [0.2, 0.25) is 5.91 Å². The minimum absolute atomic E-state index is 0.0112. The Kier molecular flexibility index (Phi) is 3.65. The van der Waals surface area contributed by atoms with Crippen LogP contribution in [0.1, 0.15) is 23.0 Å². The summed E-state index contributed by atoms with van der Waals surface area (Å²) in [7, 11) is 0. The van der Waals surface area contributed by atoms with Crippen LogP contribution in [0.15, 0.2) is 55.1 Å². The number of hydrogen-bond acceptors (Lipinski definition) is 3. The molecular formula is C18H19N5O. The molecule has 0 bridgehead atoms. The maximum atomic E-state index is 12.9. The molecule has 0 radical (unpaired) electrons. The Morgan fingerprint density at radius 1 is 1.29 bits per heavy atom. The van der Waals surface area contributed by atoms with Crippen molar-refractivity contribution in [3.63, 3.8) is 0 Å². The molecule has 1 atom stereocenters. The molecule has 6 heteroatoms. The SMILES string of the molecule is Cc1cnn(CC(=O)N2Cc3nccn3C[C@@H]2c2ccccc2)c1. The summed E-state index contributed by atoms with van der Waals surface area (Å²) < 4.78 is 3.82. The zero-order valence-electron chi connectivity index (χ0n) is 13.5. The van der Waals surface area contributed by atoms with Crippen LogP contribution in [0.4, 0.5) is 0 Å². The van der Waals surface area contributed by atoms with Crippen molar-refractivity contribution in [1.82, 2.24) is 24.2 Å². The molecule has 1 amide bonds. The quantitative estimate of drug-likeness (QED) is 0.743. The van der Waals surface area contributed by atoms with Crippen molar-refractivity contribution in [1.29, 1.82) is 0 Å². The van der Waals surface area contributed by atoms with E-state index in [1.807, 2.05) is 42.4 Å². The van der Waals surface area contributed by atoms with Crippen molar-refractivity contribution in [2.45, 2.75) is 32.6 Å². The zero-order chi connectivity index (χ0) is 16.5. The Bertz CT molecular complexity index is 851. The van der Waals surface area contributed by atoms with Crippen LogP contribution >= 0.6 is 0 Å². The minimum atomic E-state index is 0.0112. The summed E-state index contributed by atoms with van der Waals surface area (Å²) in [5.41, 5.74) is 2.19. The molecule has 0 saturated heterocycles. The van der Waals surface area contributed by atoms with E-state index in [0.29, 0.717) is 6.54 Å². The summed E-state index contributed by atoms with van der Waals surface area (Å²) in [4.78, 5) is 19.2. The average Bonchev–Trinajstić information content (AvgIpc) is 3.22. The highest BCUT2D eigenvalue weighted by atomic mass is 16.2. The van der Waals surface area contributed by atoms with Gasteiger partial charge in [-0.1, -0.05) is 30.3 Å². The third-order valence-corrected chi connectivity index (χ3v) is 4.42. The molecule has 0 aliphatic carbocycles. The summed E-state index contributed by atoms with van der Waals surface area (Å²) in [6, 6.07) is 10.2. The van der Waals surface area contributed by atoms with Gasteiger partial charge in [-0.05, 0) is 18.1 Å². The van der Waals surface area contributed by atoms with E-state index in [9.17, 15) is 4.79 Å². The van der Waals surface area contributed by atoms with E-state index >= 15 is 0 Å². The number of hydrogen-bond donors (Lipinski definition) is 0. The van der Waals surface area contributed by atoms with Gasteiger partial charge in [0.1, 0.15) is 12.4 Å². The van der Waals surface area contributed by atoms with Gasteiger partial charge < -0.3 is 9.47 Å². The summed E-state index contributed by atoms with van der Waals surface area (Å²) in [5.74, 6) is 0.980. The Labute approximate surface area is 140 Å². The van der Waals surface area contributed by atoms with Gasteiger partial charge in [-0.25, -0.2) is 4.98 Å². The molecule has 4 rings (SSSR count). The molecule has 6 nitrogen and oxygen atoms in total. The lowest BCUT2D eigenvalue weighted by Gasteiger charge is -2.36. The molecule has 24 heavy (non-hydrogen) atoms. The number of aryl methyl sites for hydroxylation is 1. The first-order valence-electron chi connectivity index (χ1n) is 8.04. The van der Waals surface area contributed by atoms with Crippen LogP contribution < -0.4 is 0 Å². The van der Waals surface area contributed by atoms with Gasteiger partial charge >= 0.3 is 0 Å². The van der Waals surface area contributed by atoms with Crippen molar-refractivity contribution in [3.8, 4) is 0 Å². The maximum Gasteiger partial charge on any atom is 0.245 e. The normalized spacial score (nSPS) is 16.9. The average molecular weight is 321 g/mol. The highest BCUT2D eigenvalue weighted by Crippen LogP contribution is 2.29. The fourth-order valence-electron chi connectivity index (χ4n) is 3.21. The van der Waals surface area contributed by atoms with E-state index in [-0.39, 0.29) is 18.5 Å². The maximum absolute atomic E-state index is 12.9. The number of aromatic nitrogens is 4. The van der Waals surface area contributed by atoms with Crippen LogP contribution in [-0.4, -0.2) is 30.1 Å². The molecule has 3 aromatic rings. The molecule has 1 aromatic carbocycles. The Balaban J connectivity index is 1.64. The van der Waals surface area contributed by atoms with Gasteiger partial charge in [0.25, 0.3) is 0 Å². The summed E-state index contributed by atoms with van der Waals surface area (Å²) in [6.45, 7) is 3.46. The van der Waals surface area contributed by atoms with Crippen LogP contribution in [0.5, 0.6) is 0 Å². The molecule has 0 N–H and O–H groups in total. The summed E-state index contributed by atoms with van der Waals surface area (Å²) in [6.07, 6.45) is 7.43. The predicted octanol–water partition coefficient (Wildman–Crippen LogP) is 2.17. The van der Waals surface area contributed by atoms with Gasteiger partial charge in [-0.15, -0.1) is 0 Å². The molecule has 3 heterocycles. The summed E-state index contributed by atoms with van der Waals surface area (Å²) in [5, 5.41) is 4.23. The smallest absolute Gasteiger partial charge is 0.245 e. The first kappa shape index (κ1) is 14.7. The second kappa shape index (κ2) is 5.96. The van der Waals surface area contributed by atoms with Crippen molar-refractivity contribution in [2.24, 2.45) is 0 Å². The van der Waals surface area contributed by atoms with E-state index in [1.165, 1.54) is 0 Å². The van der Waals surface area contributed by atoms with Crippen LogP contribution in [0.2, 0.25) is 0 Å². The molecule has 0 fully saturated rings. The van der Waals surface area contributed by atoms with E-state index < -0.39 is 0 Å². The third kappa shape index (κ3) is 2.71. The number of benzene rings is 1. The van der Waals surface area contributed by atoms with Crippen molar-refractivity contribution in [2.75, 3.05) is 0 Å². The number of carbonyl (C=O) groups excluding carboxylic acids is 1. The Morgan fingerprint density at radius 3 is 2.88 bits per heavy atom. The van der Waals surface area contributed by atoms with Crippen LogP contribution in [0, 0.1) is 6.92 Å². The van der Waals surface area contributed by atoms with E-state index in [0.717, 1.165) is 23.5 Å². The summed E-state index contributed by atoms with van der Waals surface area (Å²) >= 11 is 0. The number of nitrogens with zero attached hydrogens (tertiary/aromatic N) is 5. The van der Waals surface area contributed by atoms with Gasteiger partial charge in [-0.3, -0.25) is 9.48 Å². The monoisotopic (exact) mass is 321 g/mol. The highest BCUT2D eigenvalue weighted by Gasteiger charge is 2.31. The van der Waals surface area contributed by atoms with Crippen LogP contribution in [-0.2, 0) is 24.4 Å². The standard InChI is InChI=1S/C18H19N5O/c1-14-9-20-22(10-14)13-18(24)23-12-17-19-7-8-21(17)11-16(23)15-5-3-2-4-6-15/h2-10,16H,11-13H2,1H3/t16-/m1/s1. The van der Waals surface area contributed by atoms with E-state index in [2.05, 4.69) is 26.8 Å². The fourth-order valence-corrected chi connectivity index (χ4v) is 3.21. The molecule has 2 aromatic heterocycles. The fraction of sp³-hybridized carbons (Fsp3) is 0.278. The van der Waals surface area contributed by atoms with E-state index in [1.54, 1.807) is 17.1 Å². The molecule has 0 unspecified atom stereocenters. The Morgan fingerprint density at radius 2 is 2.12 bits per heavy atom. The lowest BCUT2D eigenvalue weighted by atomic mass is 10.0. The molecule has 0 spiro atoms. The van der Waals surface area contributed by atoms with Gasteiger partial charge in [0.05, 0.1) is 18.8 Å². The Hall–Kier alpha value is -2.89. The van der Waals surface area contributed by atoms with Gasteiger partial charge in [0, 0.05) is 25.1 Å². The van der Waals surface area contributed by atoms with E-state index in [4.69, 9.17) is 0 Å². The predicted molar refractivity (Wildman–Crippen MR) is 88.9 cm³/mol. The molecule has 1 aliphatic rings. The number of imidazole rings is 1. The van der Waals surface area contributed by atoms with Crippen LogP contribution in [0.25, 0.3) is 0 Å². The number of amides is 1. The van der Waals surface area contributed by atoms with Crippen molar-refractivity contribution >= 4 is 5.91 Å². The number of rotatable bonds is 3. The van der Waals surface area contributed by atoms with Crippen LogP contribution in [0.3, 0.4) is 0 Å². The minimum Gasteiger partial charge on any atom is -0.331 e. The highest BCUT2D eigenvalue weighted by molar-refractivity contribution is 5.76. The van der Waals surface area contributed by atoms with Crippen molar-refractivity contribution < 1.29 is 4.79 Å². The second-order valence-corrected chi connectivity index (χ2v) is 6.16. The lowest BCUT2D eigenvalue weighted by molar-refractivity contribution is -0.136. The van der Waals surface area contributed by atoms with Gasteiger partial charge in [-0.2, -0.15) is 5.10 Å². The lowest BCUT2D eigenvalue weighted by Crippen LogP contribution is -2.42. The largest absolute Gasteiger partial charge is 0.331 e. The first-order chi connectivity index (χ1) is 11.7. The van der Waals surface area contributed by atoms with Crippen molar-refractivity contribution in [3.05, 3.63) is 72.1 Å². The van der Waals surface area contributed by atoms with Gasteiger partial charge in [0.15, 0.2) is 0 Å². The first-order valence-corrected chi connectivity index (χ1v) is 8.04. The second-order valence-electron chi connectivity index (χ2n) is 6.16. The molecular weight excluding hydrogens is 302 g/mol. The number of carbonyl (C=O) groups is 1. The molecule has 122 valence electrons. The topological polar surface area (TPSA) is 56.0 Å².